The second kappa shape index (κ2) is 6.28. The fourth-order valence-corrected chi connectivity index (χ4v) is 1.40. The van der Waals surface area contributed by atoms with Gasteiger partial charge in [0.1, 0.15) is 5.75 Å². The third-order valence-electron chi connectivity index (χ3n) is 1.43. The molecule has 0 saturated carbocycles. The molecule has 0 saturated heterocycles. The van der Waals surface area contributed by atoms with Crippen molar-refractivity contribution in [3.05, 3.63) is 27.2 Å². The average Bonchev–Trinajstić information content (AvgIpc) is 2.15. The van der Waals surface area contributed by atoms with Gasteiger partial charge in [0, 0.05) is 4.47 Å². The van der Waals surface area contributed by atoms with Gasteiger partial charge in [0.2, 0.25) is 0 Å². The molecule has 0 aliphatic rings. The van der Waals surface area contributed by atoms with Crippen molar-refractivity contribution in [2.45, 2.75) is 20.8 Å². The zero-order valence-electron chi connectivity index (χ0n) is 8.32. The first-order chi connectivity index (χ1) is 6.15. The molecule has 0 atom stereocenters. The van der Waals surface area contributed by atoms with Gasteiger partial charge < -0.3 is 4.74 Å². The highest BCUT2D eigenvalue weighted by Gasteiger charge is 2.02. The molecular formula is C10H14BrClO. The van der Waals surface area contributed by atoms with Gasteiger partial charge >= 0.3 is 0 Å². The van der Waals surface area contributed by atoms with E-state index < -0.39 is 0 Å². The maximum atomic E-state index is 5.86. The zero-order valence-corrected chi connectivity index (χ0v) is 10.7. The first-order valence-electron chi connectivity index (χ1n) is 4.15. The maximum Gasteiger partial charge on any atom is 0.138 e. The predicted molar refractivity (Wildman–Crippen MR) is 61.8 cm³/mol. The summed E-state index contributed by atoms with van der Waals surface area (Å²) < 4.78 is 6.03. The normalized spacial score (nSPS) is 8.77. The molecule has 74 valence electrons. The fraction of sp³-hybridized carbons (Fsp3) is 0.400. The molecule has 0 aromatic heterocycles. The second-order valence-corrected chi connectivity index (χ2v) is 3.50. The predicted octanol–water partition coefficient (Wildman–Crippen LogP) is 4.45. The number of halogens is 2. The third kappa shape index (κ3) is 3.57. The largest absolute Gasteiger partial charge is 0.495 e. The Labute approximate surface area is 93.2 Å². The topological polar surface area (TPSA) is 9.23 Å². The van der Waals surface area contributed by atoms with E-state index in [2.05, 4.69) is 15.9 Å². The highest BCUT2D eigenvalue weighted by Crippen LogP contribution is 2.30. The summed E-state index contributed by atoms with van der Waals surface area (Å²) >= 11 is 9.24. The lowest BCUT2D eigenvalue weighted by Crippen LogP contribution is -1.85. The highest BCUT2D eigenvalue weighted by molar-refractivity contribution is 9.10. The number of hydrogen-bond acceptors (Lipinski definition) is 1. The van der Waals surface area contributed by atoms with E-state index in [9.17, 15) is 0 Å². The van der Waals surface area contributed by atoms with Crippen molar-refractivity contribution in [3.63, 3.8) is 0 Å². The van der Waals surface area contributed by atoms with Crippen LogP contribution in [0.3, 0.4) is 0 Å². The molecule has 1 rings (SSSR count). The molecule has 0 aliphatic carbocycles. The summed E-state index contributed by atoms with van der Waals surface area (Å²) in [4.78, 5) is 0. The molecule has 0 bridgehead atoms. The molecule has 0 aliphatic heterocycles. The molecule has 1 aromatic rings. The first-order valence-corrected chi connectivity index (χ1v) is 5.32. The minimum absolute atomic E-state index is 0.646. The number of rotatable bonds is 1. The van der Waals surface area contributed by atoms with Crippen LogP contribution in [0, 0.1) is 6.92 Å². The summed E-state index contributed by atoms with van der Waals surface area (Å²) in [5.74, 6) is 0.698. The molecule has 1 aromatic carbocycles. The van der Waals surface area contributed by atoms with Gasteiger partial charge in [-0.05, 0) is 24.6 Å². The summed E-state index contributed by atoms with van der Waals surface area (Å²) in [6.45, 7) is 5.98. The smallest absolute Gasteiger partial charge is 0.138 e. The summed E-state index contributed by atoms with van der Waals surface area (Å²) in [6.07, 6.45) is 0. The van der Waals surface area contributed by atoms with Crippen molar-refractivity contribution in [2.24, 2.45) is 0 Å². The van der Waals surface area contributed by atoms with Crippen LogP contribution in [0.25, 0.3) is 0 Å². The van der Waals surface area contributed by atoms with E-state index in [0.29, 0.717) is 10.8 Å². The van der Waals surface area contributed by atoms with E-state index in [0.717, 1.165) is 10.0 Å². The molecule has 1 nitrogen and oxygen atoms in total. The Kier molecular flexibility index (Phi) is 6.17. The van der Waals surface area contributed by atoms with Crippen LogP contribution in [0.4, 0.5) is 0 Å². The van der Waals surface area contributed by atoms with Crippen molar-refractivity contribution >= 4 is 27.5 Å². The minimum Gasteiger partial charge on any atom is -0.495 e. The van der Waals surface area contributed by atoms with Crippen molar-refractivity contribution in [1.29, 1.82) is 0 Å². The zero-order chi connectivity index (χ0) is 10.4. The van der Waals surface area contributed by atoms with E-state index in [1.165, 1.54) is 0 Å². The van der Waals surface area contributed by atoms with Crippen LogP contribution in [-0.2, 0) is 0 Å². The number of benzene rings is 1. The van der Waals surface area contributed by atoms with Gasteiger partial charge in [-0.25, -0.2) is 0 Å². The Bertz CT molecular complexity index is 274. The number of ether oxygens (including phenoxy) is 1. The SMILES string of the molecule is CC.COc1cc(Br)c(C)cc1Cl. The van der Waals surface area contributed by atoms with E-state index >= 15 is 0 Å². The van der Waals surface area contributed by atoms with Gasteiger partial charge in [-0.15, -0.1) is 0 Å². The quantitative estimate of drug-likeness (QED) is 0.729. The second-order valence-electron chi connectivity index (χ2n) is 2.24. The molecule has 0 fully saturated rings. The molecule has 0 N–H and O–H groups in total. The molecule has 0 heterocycles. The van der Waals surface area contributed by atoms with Gasteiger partial charge in [-0.3, -0.25) is 0 Å². The van der Waals surface area contributed by atoms with Gasteiger partial charge in [0.25, 0.3) is 0 Å². The van der Waals surface area contributed by atoms with Gasteiger partial charge in [0.15, 0.2) is 0 Å². The standard InChI is InChI=1S/C8H8BrClO.C2H6/c1-5-3-7(10)8(11-2)4-6(5)9;1-2/h3-4H,1-2H3;1-2H3. The van der Waals surface area contributed by atoms with E-state index in [1.54, 1.807) is 7.11 Å². The molecule has 0 unspecified atom stereocenters. The average molecular weight is 266 g/mol. The molecule has 0 radical (unpaired) electrons. The lowest BCUT2D eigenvalue weighted by Gasteiger charge is -2.04. The number of hydrogen-bond donors (Lipinski definition) is 0. The van der Waals surface area contributed by atoms with Gasteiger partial charge in [0.05, 0.1) is 12.1 Å². The summed E-state index contributed by atoms with van der Waals surface area (Å²) in [5, 5.41) is 0.646. The number of aryl methyl sites for hydroxylation is 1. The van der Waals surface area contributed by atoms with Crippen LogP contribution < -0.4 is 4.74 Å². The van der Waals surface area contributed by atoms with Crippen LogP contribution in [0.2, 0.25) is 5.02 Å². The molecule has 13 heavy (non-hydrogen) atoms. The maximum absolute atomic E-state index is 5.86. The minimum atomic E-state index is 0.646. The highest BCUT2D eigenvalue weighted by atomic mass is 79.9. The van der Waals surface area contributed by atoms with Gasteiger partial charge in [-0.2, -0.15) is 0 Å². The van der Waals surface area contributed by atoms with E-state index in [1.807, 2.05) is 32.9 Å². The fourth-order valence-electron chi connectivity index (χ4n) is 0.784. The Morgan fingerprint density at radius 2 is 1.85 bits per heavy atom. The van der Waals surface area contributed by atoms with Crippen molar-refractivity contribution in [1.82, 2.24) is 0 Å². The summed E-state index contributed by atoms with van der Waals surface area (Å²) in [6, 6.07) is 3.72. The first kappa shape index (κ1) is 12.8. The monoisotopic (exact) mass is 264 g/mol. The van der Waals surface area contributed by atoms with Gasteiger partial charge in [-0.1, -0.05) is 41.4 Å². The van der Waals surface area contributed by atoms with Crippen LogP contribution in [0.5, 0.6) is 5.75 Å². The van der Waals surface area contributed by atoms with E-state index in [4.69, 9.17) is 16.3 Å². The van der Waals surface area contributed by atoms with Crippen molar-refractivity contribution < 1.29 is 4.74 Å². The molecule has 0 amide bonds. The number of methoxy groups -OCH3 is 1. The molecule has 0 spiro atoms. The van der Waals surface area contributed by atoms with Crippen molar-refractivity contribution in [2.75, 3.05) is 7.11 Å². The summed E-state index contributed by atoms with van der Waals surface area (Å²) in [7, 11) is 1.60. The summed E-state index contributed by atoms with van der Waals surface area (Å²) in [5.41, 5.74) is 1.11. The van der Waals surface area contributed by atoms with Crippen LogP contribution in [0.15, 0.2) is 16.6 Å². The Hall–Kier alpha value is -0.210. The lowest BCUT2D eigenvalue weighted by atomic mass is 10.2. The molecular weight excluding hydrogens is 251 g/mol. The lowest BCUT2D eigenvalue weighted by molar-refractivity contribution is 0.414. The Morgan fingerprint density at radius 1 is 1.31 bits per heavy atom. The van der Waals surface area contributed by atoms with Crippen LogP contribution in [0.1, 0.15) is 19.4 Å². The third-order valence-corrected chi connectivity index (χ3v) is 2.58. The van der Waals surface area contributed by atoms with Crippen LogP contribution >= 0.6 is 27.5 Å². The van der Waals surface area contributed by atoms with Crippen molar-refractivity contribution in [3.8, 4) is 5.75 Å². The van der Waals surface area contributed by atoms with E-state index in [-0.39, 0.29) is 0 Å². The molecule has 3 heteroatoms. The Morgan fingerprint density at radius 3 is 2.31 bits per heavy atom. The Balaban J connectivity index is 0.000000671. The van der Waals surface area contributed by atoms with Crippen LogP contribution in [-0.4, -0.2) is 7.11 Å².